The second kappa shape index (κ2) is 12.4. The smallest absolute Gasteiger partial charge is 0.159 e. The highest BCUT2D eigenvalue weighted by Gasteiger charge is 2.72. The first kappa shape index (κ1) is 33.2. The van der Waals surface area contributed by atoms with E-state index in [4.69, 9.17) is 4.98 Å². The molecule has 0 amide bonds. The van der Waals surface area contributed by atoms with E-state index in [1.807, 2.05) is 0 Å². The van der Waals surface area contributed by atoms with Crippen molar-refractivity contribution < 1.29 is 0 Å². The molecule has 1 aromatic heterocycles. The standard InChI is InChI=1S/C48H57BN8/c1-3-11-27(12-4-1)37-30-15-9-21-51-41(30)38-43-45-31(18-23-53-43)49-32-19-24-54-44-39-42-34(17-10-22-52-42)55(29-13-5-2-6-14-29)48(39)57(46(32)44)36-26-28(33-16-7-8-20-50-33)25-35(40(36)49)56(45)47(37)38/h1-8,11-14,16,20,28,30-32,34-37,40-46,51-54H,9-10,15,17-19,21-26H2. The first-order chi connectivity index (χ1) is 28.3. The summed E-state index contributed by atoms with van der Waals surface area (Å²) in [6.45, 7) is 5.34. The van der Waals surface area contributed by atoms with Gasteiger partial charge in [-0.25, -0.2) is 0 Å². The van der Waals surface area contributed by atoms with Crippen LogP contribution < -0.4 is 26.2 Å². The Kier molecular flexibility index (Phi) is 7.26. The lowest BCUT2D eigenvalue weighted by atomic mass is 9.19. The number of nitrogens with one attached hydrogen (secondary N) is 4. The minimum Gasteiger partial charge on any atom is -0.367 e. The van der Waals surface area contributed by atoms with Crippen LogP contribution in [0.4, 0.5) is 5.69 Å². The zero-order valence-corrected chi connectivity index (χ0v) is 33.1. The third kappa shape index (κ3) is 4.37. The quantitative estimate of drug-likeness (QED) is 0.255. The van der Waals surface area contributed by atoms with Gasteiger partial charge in [0.2, 0.25) is 0 Å². The van der Waals surface area contributed by atoms with Gasteiger partial charge in [-0.1, -0.05) is 54.6 Å². The van der Waals surface area contributed by atoms with Gasteiger partial charge in [0.15, 0.2) is 6.71 Å². The average molecular weight is 757 g/mol. The number of rotatable bonds is 3. The van der Waals surface area contributed by atoms with Gasteiger partial charge in [-0.15, -0.1) is 0 Å². The number of pyridine rings is 1. The first-order valence-electron chi connectivity index (χ1n) is 23.1. The molecule has 3 aromatic rings. The highest BCUT2D eigenvalue weighted by atomic mass is 15.5. The molecule has 0 radical (unpaired) electrons. The van der Waals surface area contributed by atoms with Gasteiger partial charge in [0, 0.05) is 70.9 Å². The fourth-order valence-corrected chi connectivity index (χ4v) is 16.5. The molecule has 0 bridgehead atoms. The van der Waals surface area contributed by atoms with E-state index >= 15 is 0 Å². The van der Waals surface area contributed by atoms with Crippen LogP contribution in [0.3, 0.4) is 0 Å². The van der Waals surface area contributed by atoms with E-state index in [1.165, 1.54) is 62.7 Å². The number of hydrogen-bond donors (Lipinski definition) is 4. The van der Waals surface area contributed by atoms with Gasteiger partial charge in [0.05, 0.1) is 24.2 Å². The summed E-state index contributed by atoms with van der Waals surface area (Å²) in [6.07, 6.45) is 12.2. The molecule has 4 N–H and O–H groups in total. The first-order valence-corrected chi connectivity index (χ1v) is 23.1. The van der Waals surface area contributed by atoms with E-state index in [1.54, 1.807) is 28.2 Å². The van der Waals surface area contributed by atoms with E-state index in [9.17, 15) is 0 Å². The molecule has 57 heavy (non-hydrogen) atoms. The molecular weight excluding hydrogens is 699 g/mol. The predicted octanol–water partition coefficient (Wildman–Crippen LogP) is 5.69. The van der Waals surface area contributed by atoms with Crippen molar-refractivity contribution >= 4 is 12.4 Å². The second-order valence-corrected chi connectivity index (χ2v) is 19.9. The van der Waals surface area contributed by atoms with Gasteiger partial charge in [-0.3, -0.25) is 4.98 Å². The van der Waals surface area contributed by atoms with E-state index < -0.39 is 0 Å². The van der Waals surface area contributed by atoms with Gasteiger partial charge in [-0.2, -0.15) is 0 Å². The molecular formula is C48H57BN8. The van der Waals surface area contributed by atoms with Crippen LogP contribution in [-0.2, 0) is 0 Å². The average Bonchev–Trinajstić information content (AvgIpc) is 4.00. The third-order valence-corrected chi connectivity index (χ3v) is 17.9. The van der Waals surface area contributed by atoms with Gasteiger partial charge < -0.3 is 36.0 Å². The van der Waals surface area contributed by atoms with Crippen molar-refractivity contribution in [2.45, 2.75) is 135 Å². The van der Waals surface area contributed by atoms with Crippen molar-refractivity contribution in [3.8, 4) is 0 Å². The molecule has 14 rings (SSSR count). The number of piperidine rings is 4. The minimum atomic E-state index is 0.420. The van der Waals surface area contributed by atoms with Crippen molar-refractivity contribution in [3.63, 3.8) is 0 Å². The summed E-state index contributed by atoms with van der Waals surface area (Å²) in [4.78, 5) is 14.4. The zero-order chi connectivity index (χ0) is 36.9. The molecule has 0 spiro atoms. The molecule has 15 atom stereocenters. The predicted molar refractivity (Wildman–Crippen MR) is 226 cm³/mol. The van der Waals surface area contributed by atoms with Gasteiger partial charge in [-0.05, 0) is 136 Å². The van der Waals surface area contributed by atoms with Crippen LogP contribution in [0.1, 0.15) is 74.5 Å². The maximum Gasteiger partial charge on any atom is 0.159 e. The Bertz CT molecular complexity index is 2000. The van der Waals surface area contributed by atoms with Crippen LogP contribution in [0.5, 0.6) is 0 Å². The summed E-state index contributed by atoms with van der Waals surface area (Å²) >= 11 is 0. The maximum absolute atomic E-state index is 5.19. The monoisotopic (exact) mass is 756 g/mol. The van der Waals surface area contributed by atoms with Crippen molar-refractivity contribution in [2.24, 2.45) is 5.92 Å². The van der Waals surface area contributed by atoms with Crippen LogP contribution in [0.15, 0.2) is 108 Å². The molecule has 11 aliphatic rings. The lowest BCUT2D eigenvalue weighted by Crippen LogP contribution is -2.75. The Hall–Kier alpha value is -3.63. The van der Waals surface area contributed by atoms with E-state index in [-0.39, 0.29) is 0 Å². The molecule has 2 aliphatic carbocycles. The number of nitrogens with zero attached hydrogens (tertiary/aromatic N) is 4. The van der Waals surface area contributed by atoms with Crippen LogP contribution in [0.25, 0.3) is 0 Å². The highest BCUT2D eigenvalue weighted by Crippen LogP contribution is 2.68. The van der Waals surface area contributed by atoms with E-state index in [0.717, 1.165) is 38.7 Å². The van der Waals surface area contributed by atoms with Gasteiger partial charge in [0.25, 0.3) is 0 Å². The maximum atomic E-state index is 5.19. The highest BCUT2D eigenvalue weighted by molar-refractivity contribution is 6.65. The Morgan fingerprint density at radius 2 is 1.26 bits per heavy atom. The van der Waals surface area contributed by atoms with Crippen molar-refractivity contribution in [1.29, 1.82) is 0 Å². The van der Waals surface area contributed by atoms with Crippen LogP contribution >= 0.6 is 0 Å². The summed E-state index contributed by atoms with van der Waals surface area (Å²) < 4.78 is 0. The Morgan fingerprint density at radius 3 is 2.04 bits per heavy atom. The molecule has 15 unspecified atom stereocenters. The van der Waals surface area contributed by atoms with Gasteiger partial charge in [0.1, 0.15) is 5.82 Å². The number of fused-ring (bicyclic) bond motifs is 12. The minimum absolute atomic E-state index is 0.420. The summed E-state index contributed by atoms with van der Waals surface area (Å²) in [5.41, 5.74) is 9.48. The molecule has 6 saturated heterocycles. The number of para-hydroxylation sites is 1. The number of benzene rings is 2. The second-order valence-electron chi connectivity index (χ2n) is 19.9. The summed E-state index contributed by atoms with van der Waals surface area (Å²) in [6, 6.07) is 34.4. The molecule has 9 heteroatoms. The number of aromatic nitrogens is 1. The molecule has 7 fully saturated rings. The Morgan fingerprint density at radius 1 is 0.596 bits per heavy atom. The Labute approximate surface area is 338 Å². The summed E-state index contributed by atoms with van der Waals surface area (Å²) in [7, 11) is 0. The Balaban J connectivity index is 0.975. The molecule has 10 heterocycles. The third-order valence-electron chi connectivity index (χ3n) is 17.9. The normalized spacial score (nSPS) is 43.3. The molecule has 9 aliphatic heterocycles. The van der Waals surface area contributed by atoms with Crippen molar-refractivity contribution in [1.82, 2.24) is 36.1 Å². The molecule has 1 saturated carbocycles. The summed E-state index contributed by atoms with van der Waals surface area (Å²) in [5.74, 6) is 5.22. The molecule has 2 aromatic carbocycles. The lowest BCUT2D eigenvalue weighted by molar-refractivity contribution is 0.0159. The fraction of sp³-hybridized carbons (Fsp3) is 0.562. The van der Waals surface area contributed by atoms with Crippen LogP contribution in [0.2, 0.25) is 17.5 Å². The molecule has 8 nitrogen and oxygen atoms in total. The number of allylic oxidation sites excluding steroid dienone is 1. The summed E-state index contributed by atoms with van der Waals surface area (Å²) in [5, 5.41) is 16.9. The van der Waals surface area contributed by atoms with Crippen LogP contribution in [0, 0.1) is 5.92 Å². The van der Waals surface area contributed by atoms with E-state index in [0.29, 0.717) is 83.8 Å². The zero-order valence-electron chi connectivity index (χ0n) is 33.1. The van der Waals surface area contributed by atoms with E-state index in [2.05, 4.69) is 121 Å². The van der Waals surface area contributed by atoms with Crippen LogP contribution in [-0.4, -0.2) is 102 Å². The fourth-order valence-electron chi connectivity index (χ4n) is 16.5. The largest absolute Gasteiger partial charge is 0.367 e. The topological polar surface area (TPSA) is 70.7 Å². The molecule has 292 valence electrons. The van der Waals surface area contributed by atoms with Crippen molar-refractivity contribution in [3.05, 3.63) is 119 Å². The SMILES string of the molecule is c1ccc(C2C3=C(C4NCCCC42)C2NCCC4B5C6CCNC7C8=C(N(c9ccccc9)C9CCCNC89)N(C8CC(c9ccccn9)CC(C58)N3C42)C67)cc1. The van der Waals surface area contributed by atoms with Gasteiger partial charge >= 0.3 is 0 Å². The number of hydrogen-bond acceptors (Lipinski definition) is 8. The lowest BCUT2D eigenvalue weighted by Gasteiger charge is -2.68. The number of anilines is 1. The van der Waals surface area contributed by atoms with Crippen molar-refractivity contribution in [2.75, 3.05) is 31.1 Å².